The minimum atomic E-state index is -0.538. The number of hydrogen-bond acceptors (Lipinski definition) is 4. The van der Waals surface area contributed by atoms with E-state index in [0.717, 1.165) is 5.56 Å². The molecule has 0 saturated carbocycles. The van der Waals surface area contributed by atoms with Crippen LogP contribution in [0.1, 0.15) is 18.4 Å². The third-order valence-electron chi connectivity index (χ3n) is 6.14. The minimum absolute atomic E-state index is 0.0738. The molecule has 9 heteroatoms. The number of nitrogens with one attached hydrogen (secondary N) is 1. The zero-order chi connectivity index (χ0) is 23.4. The number of hydrogen-bond donors (Lipinski definition) is 1. The highest BCUT2D eigenvalue weighted by Gasteiger charge is 2.38. The van der Waals surface area contributed by atoms with Crippen molar-refractivity contribution in [1.82, 2.24) is 14.7 Å². The lowest BCUT2D eigenvalue weighted by Gasteiger charge is -2.42. The van der Waals surface area contributed by atoms with Crippen molar-refractivity contribution in [3.05, 3.63) is 59.9 Å². The zero-order valence-corrected chi connectivity index (χ0v) is 18.5. The van der Waals surface area contributed by atoms with Gasteiger partial charge in [0.2, 0.25) is 0 Å². The Morgan fingerprint density at radius 2 is 1.76 bits per heavy atom. The molecular formula is C24H27FN4O4. The van der Waals surface area contributed by atoms with Gasteiger partial charge in [0, 0.05) is 50.5 Å². The van der Waals surface area contributed by atoms with Crippen LogP contribution in [-0.2, 0) is 16.1 Å². The molecule has 0 bridgehead atoms. The maximum absolute atomic E-state index is 13.1. The van der Waals surface area contributed by atoms with E-state index in [9.17, 15) is 18.8 Å². The average Bonchev–Trinajstić information content (AvgIpc) is 2.84. The minimum Gasteiger partial charge on any atom is -0.497 e. The topological polar surface area (TPSA) is 82.2 Å². The summed E-state index contributed by atoms with van der Waals surface area (Å²) in [4.78, 5) is 42.9. The first kappa shape index (κ1) is 22.6. The van der Waals surface area contributed by atoms with Gasteiger partial charge in [-0.05, 0) is 42.7 Å². The van der Waals surface area contributed by atoms with E-state index in [1.54, 1.807) is 53.3 Å². The van der Waals surface area contributed by atoms with E-state index in [2.05, 4.69) is 5.32 Å². The van der Waals surface area contributed by atoms with Crippen molar-refractivity contribution in [2.75, 3.05) is 38.6 Å². The third kappa shape index (κ3) is 5.24. The number of urea groups is 1. The number of benzene rings is 2. The number of carbonyl (C=O) groups excluding carboxylic acids is 3. The highest BCUT2D eigenvalue weighted by atomic mass is 19.1. The third-order valence-corrected chi connectivity index (χ3v) is 6.14. The number of ether oxygens (including phenoxy) is 1. The Hall–Kier alpha value is -3.62. The number of halogens is 1. The molecule has 0 spiro atoms. The summed E-state index contributed by atoms with van der Waals surface area (Å²) in [5.74, 6) is -0.728. The second-order valence-corrected chi connectivity index (χ2v) is 8.23. The van der Waals surface area contributed by atoms with Crippen LogP contribution >= 0.6 is 0 Å². The second kappa shape index (κ2) is 9.89. The molecule has 8 nitrogen and oxygen atoms in total. The molecular weight excluding hydrogens is 427 g/mol. The number of nitrogens with zero attached hydrogens (tertiary/aromatic N) is 3. The lowest BCUT2D eigenvalue weighted by Crippen LogP contribution is -2.59. The first-order valence-electron chi connectivity index (χ1n) is 11.0. The lowest BCUT2D eigenvalue weighted by molar-refractivity contribution is -0.158. The van der Waals surface area contributed by atoms with Gasteiger partial charge in [-0.2, -0.15) is 0 Å². The van der Waals surface area contributed by atoms with Crippen molar-refractivity contribution >= 4 is 23.5 Å². The van der Waals surface area contributed by atoms with E-state index in [0.29, 0.717) is 50.5 Å². The van der Waals surface area contributed by atoms with E-state index in [-0.39, 0.29) is 24.4 Å². The fourth-order valence-corrected chi connectivity index (χ4v) is 4.28. The number of piperidine rings is 1. The normalized spacial score (nSPS) is 17.3. The van der Waals surface area contributed by atoms with Crippen LogP contribution in [0.3, 0.4) is 0 Å². The summed E-state index contributed by atoms with van der Waals surface area (Å²) < 4.78 is 18.3. The van der Waals surface area contributed by atoms with Gasteiger partial charge in [0.05, 0.1) is 7.11 Å². The molecule has 0 atom stereocenters. The number of piperazine rings is 1. The van der Waals surface area contributed by atoms with Gasteiger partial charge < -0.3 is 24.8 Å². The molecule has 0 radical (unpaired) electrons. The summed E-state index contributed by atoms with van der Waals surface area (Å²) in [7, 11) is 1.57. The van der Waals surface area contributed by atoms with Crippen LogP contribution in [0, 0.1) is 5.82 Å². The predicted octanol–water partition coefficient (Wildman–Crippen LogP) is 2.70. The van der Waals surface area contributed by atoms with Gasteiger partial charge >= 0.3 is 17.8 Å². The number of methoxy groups -OCH3 is 1. The van der Waals surface area contributed by atoms with Crippen molar-refractivity contribution in [2.45, 2.75) is 25.4 Å². The fourth-order valence-electron chi connectivity index (χ4n) is 4.28. The molecule has 33 heavy (non-hydrogen) atoms. The number of amides is 4. The quantitative estimate of drug-likeness (QED) is 0.705. The number of likely N-dealkylation sites (tertiary alicyclic amines) is 1. The summed E-state index contributed by atoms with van der Waals surface area (Å²) >= 11 is 0. The Balaban J connectivity index is 1.29. The van der Waals surface area contributed by atoms with Gasteiger partial charge in [0.1, 0.15) is 11.6 Å². The summed E-state index contributed by atoms with van der Waals surface area (Å²) in [6.07, 6.45) is 1.23. The Kier molecular flexibility index (Phi) is 6.76. The summed E-state index contributed by atoms with van der Waals surface area (Å²) in [6.45, 7) is 2.15. The van der Waals surface area contributed by atoms with Crippen molar-refractivity contribution in [3.63, 3.8) is 0 Å². The van der Waals surface area contributed by atoms with E-state index in [4.69, 9.17) is 4.74 Å². The molecule has 0 aromatic heterocycles. The first-order valence-corrected chi connectivity index (χ1v) is 11.0. The van der Waals surface area contributed by atoms with E-state index >= 15 is 0 Å². The first-order chi connectivity index (χ1) is 15.9. The van der Waals surface area contributed by atoms with Crippen molar-refractivity contribution in [3.8, 4) is 5.75 Å². The van der Waals surface area contributed by atoms with Gasteiger partial charge in [-0.25, -0.2) is 9.18 Å². The van der Waals surface area contributed by atoms with Crippen LogP contribution in [0.4, 0.5) is 14.9 Å². The number of rotatable bonds is 5. The van der Waals surface area contributed by atoms with Crippen molar-refractivity contribution in [1.29, 1.82) is 0 Å². The molecule has 0 unspecified atom stereocenters. The Labute approximate surface area is 191 Å². The van der Waals surface area contributed by atoms with E-state index in [1.807, 2.05) is 0 Å². The van der Waals surface area contributed by atoms with Gasteiger partial charge in [-0.3, -0.25) is 9.59 Å². The molecule has 2 aliphatic rings. The van der Waals surface area contributed by atoms with Gasteiger partial charge in [0.15, 0.2) is 0 Å². The molecule has 2 aromatic carbocycles. The standard InChI is InChI=1S/C24H27FN4O4/c1-33-21-4-2-3-19(15-21)26-24(32)27-11-9-20(10-12-27)29-14-13-28(22(30)23(29)31)16-17-5-7-18(25)8-6-17/h2-8,15,20H,9-14,16H2,1H3,(H,26,32). The van der Waals surface area contributed by atoms with Gasteiger partial charge in [-0.1, -0.05) is 18.2 Å². The largest absolute Gasteiger partial charge is 0.497 e. The number of carbonyl (C=O) groups is 3. The molecule has 0 aliphatic carbocycles. The molecule has 2 fully saturated rings. The van der Waals surface area contributed by atoms with Crippen LogP contribution in [0.2, 0.25) is 0 Å². The fraction of sp³-hybridized carbons (Fsp3) is 0.375. The smallest absolute Gasteiger partial charge is 0.321 e. The van der Waals surface area contributed by atoms with Crippen LogP contribution < -0.4 is 10.1 Å². The lowest BCUT2D eigenvalue weighted by atomic mass is 10.0. The molecule has 2 saturated heterocycles. The highest BCUT2D eigenvalue weighted by molar-refractivity contribution is 6.35. The van der Waals surface area contributed by atoms with Crippen molar-refractivity contribution < 1.29 is 23.5 Å². The summed E-state index contributed by atoms with van der Waals surface area (Å²) in [5.41, 5.74) is 1.43. The molecule has 2 heterocycles. The van der Waals surface area contributed by atoms with E-state index < -0.39 is 11.8 Å². The molecule has 2 aromatic rings. The maximum atomic E-state index is 13.1. The van der Waals surface area contributed by atoms with Gasteiger partial charge in [0.25, 0.3) is 0 Å². The second-order valence-electron chi connectivity index (χ2n) is 8.23. The Morgan fingerprint density at radius 3 is 2.45 bits per heavy atom. The van der Waals surface area contributed by atoms with Crippen LogP contribution in [0.5, 0.6) is 5.75 Å². The number of anilines is 1. The predicted molar refractivity (Wildman–Crippen MR) is 120 cm³/mol. The Morgan fingerprint density at radius 1 is 1.03 bits per heavy atom. The summed E-state index contributed by atoms with van der Waals surface area (Å²) in [6, 6.07) is 12.8. The molecule has 2 aliphatic heterocycles. The molecule has 4 amide bonds. The molecule has 1 N–H and O–H groups in total. The molecule has 174 valence electrons. The van der Waals surface area contributed by atoms with Crippen LogP contribution in [0.15, 0.2) is 48.5 Å². The Bertz CT molecular complexity index is 1020. The highest BCUT2D eigenvalue weighted by Crippen LogP contribution is 2.22. The maximum Gasteiger partial charge on any atom is 0.321 e. The van der Waals surface area contributed by atoms with E-state index in [1.165, 1.54) is 17.0 Å². The monoisotopic (exact) mass is 454 g/mol. The molecule has 4 rings (SSSR count). The SMILES string of the molecule is COc1cccc(NC(=O)N2CCC(N3CCN(Cc4ccc(F)cc4)C(=O)C3=O)CC2)c1. The summed E-state index contributed by atoms with van der Waals surface area (Å²) in [5, 5.41) is 2.87. The zero-order valence-electron chi connectivity index (χ0n) is 18.5. The van der Waals surface area contributed by atoms with Crippen LogP contribution in [0.25, 0.3) is 0 Å². The average molecular weight is 455 g/mol. The van der Waals surface area contributed by atoms with Gasteiger partial charge in [-0.15, -0.1) is 0 Å². The van der Waals surface area contributed by atoms with Crippen molar-refractivity contribution in [2.24, 2.45) is 0 Å². The van der Waals surface area contributed by atoms with Crippen LogP contribution in [-0.4, -0.2) is 71.9 Å².